The van der Waals surface area contributed by atoms with Gasteiger partial charge in [0.2, 0.25) is 5.91 Å². The van der Waals surface area contributed by atoms with E-state index in [1.54, 1.807) is 0 Å². The zero-order chi connectivity index (χ0) is 12.4. The molecule has 0 aromatic heterocycles. The van der Waals surface area contributed by atoms with Gasteiger partial charge < -0.3 is 10.0 Å². The molecule has 1 aromatic carbocycles. The predicted octanol–water partition coefficient (Wildman–Crippen LogP) is 1.31. The highest BCUT2D eigenvalue weighted by Crippen LogP contribution is 2.20. The zero-order valence-electron chi connectivity index (χ0n) is 9.20. The van der Waals surface area contributed by atoms with Crippen LogP contribution in [0.3, 0.4) is 0 Å². The number of rotatable bonds is 3. The number of hydrogen-bond donors (Lipinski definition) is 1. The Morgan fingerprint density at radius 1 is 1.29 bits per heavy atom. The molecular weight excluding hydrogens is 228 g/mol. The minimum Gasteiger partial charge on any atom is -0.396 e. The van der Waals surface area contributed by atoms with Gasteiger partial charge in [-0.1, -0.05) is 0 Å². The molecule has 1 fully saturated rings. The number of benzene rings is 1. The van der Waals surface area contributed by atoms with E-state index in [0.717, 1.165) is 6.07 Å². The van der Waals surface area contributed by atoms with Crippen LogP contribution in [0, 0.1) is 17.6 Å². The van der Waals surface area contributed by atoms with Crippen LogP contribution in [0.1, 0.15) is 12.0 Å². The van der Waals surface area contributed by atoms with Gasteiger partial charge in [-0.2, -0.15) is 0 Å². The molecule has 1 aliphatic rings. The lowest BCUT2D eigenvalue weighted by molar-refractivity contribution is -0.128. The number of carbonyl (C=O) groups is 1. The summed E-state index contributed by atoms with van der Waals surface area (Å²) in [6, 6.07) is 3.22. The van der Waals surface area contributed by atoms with E-state index in [-0.39, 0.29) is 25.0 Å². The van der Waals surface area contributed by atoms with Crippen molar-refractivity contribution in [2.75, 3.05) is 13.2 Å². The lowest BCUT2D eigenvalue weighted by Crippen LogP contribution is -2.25. The summed E-state index contributed by atoms with van der Waals surface area (Å²) >= 11 is 0. The molecule has 1 heterocycles. The van der Waals surface area contributed by atoms with Gasteiger partial charge in [0.05, 0.1) is 0 Å². The van der Waals surface area contributed by atoms with Crippen LogP contribution in [0.5, 0.6) is 0 Å². The molecule has 1 N–H and O–H groups in total. The molecule has 5 heteroatoms. The summed E-state index contributed by atoms with van der Waals surface area (Å²) in [5, 5.41) is 8.96. The zero-order valence-corrected chi connectivity index (χ0v) is 9.20. The normalized spacial score (nSPS) is 20.1. The highest BCUT2D eigenvalue weighted by Gasteiger charge is 2.28. The van der Waals surface area contributed by atoms with Gasteiger partial charge in [0.1, 0.15) is 11.6 Å². The Kier molecular flexibility index (Phi) is 3.38. The summed E-state index contributed by atoms with van der Waals surface area (Å²) in [5.74, 6) is -1.45. The number of aliphatic hydroxyl groups excluding tert-OH is 1. The van der Waals surface area contributed by atoms with E-state index in [1.165, 1.54) is 17.0 Å². The Morgan fingerprint density at radius 2 is 1.94 bits per heavy atom. The smallest absolute Gasteiger partial charge is 0.223 e. The molecular formula is C12H13F2NO2. The molecule has 17 heavy (non-hydrogen) atoms. The van der Waals surface area contributed by atoms with Crippen LogP contribution < -0.4 is 0 Å². The average Bonchev–Trinajstić information content (AvgIpc) is 2.58. The molecule has 0 radical (unpaired) electrons. The number of amides is 1. The molecule has 0 bridgehead atoms. The Labute approximate surface area is 97.7 Å². The minimum atomic E-state index is -0.648. The van der Waals surface area contributed by atoms with Crippen LogP contribution in [-0.4, -0.2) is 29.1 Å². The highest BCUT2D eigenvalue weighted by atomic mass is 19.1. The van der Waals surface area contributed by atoms with E-state index in [9.17, 15) is 13.6 Å². The Morgan fingerprint density at radius 3 is 2.47 bits per heavy atom. The van der Waals surface area contributed by atoms with Crippen LogP contribution in [0.4, 0.5) is 8.78 Å². The Balaban J connectivity index is 2.08. The molecule has 0 aliphatic carbocycles. The Hall–Kier alpha value is -1.49. The lowest BCUT2D eigenvalue weighted by atomic mass is 10.1. The summed E-state index contributed by atoms with van der Waals surface area (Å²) in [6.07, 6.45) is 0.300. The van der Waals surface area contributed by atoms with Crippen molar-refractivity contribution in [3.05, 3.63) is 35.4 Å². The van der Waals surface area contributed by atoms with Gasteiger partial charge >= 0.3 is 0 Å². The predicted molar refractivity (Wildman–Crippen MR) is 57.0 cm³/mol. The van der Waals surface area contributed by atoms with E-state index in [0.29, 0.717) is 18.5 Å². The van der Waals surface area contributed by atoms with Crippen LogP contribution in [-0.2, 0) is 11.3 Å². The topological polar surface area (TPSA) is 40.5 Å². The maximum atomic E-state index is 13.0. The standard InChI is InChI=1S/C12H13F2NO2/c13-10-1-8(2-11(14)4-10)5-15-6-9(7-16)3-12(15)17/h1-2,4,9,16H,3,5-7H2. The fourth-order valence-corrected chi connectivity index (χ4v) is 2.05. The van der Waals surface area contributed by atoms with E-state index in [1.807, 2.05) is 0 Å². The maximum Gasteiger partial charge on any atom is 0.223 e. The first kappa shape index (κ1) is 12.0. The van der Waals surface area contributed by atoms with Gasteiger partial charge in [0, 0.05) is 38.1 Å². The van der Waals surface area contributed by atoms with Crippen LogP contribution in [0.25, 0.3) is 0 Å². The number of halogens is 2. The average molecular weight is 241 g/mol. The first-order valence-corrected chi connectivity index (χ1v) is 5.42. The number of aliphatic hydroxyl groups is 1. The molecule has 1 saturated heterocycles. The van der Waals surface area contributed by atoms with Crippen molar-refractivity contribution in [3.63, 3.8) is 0 Å². The molecule has 1 aliphatic heterocycles. The lowest BCUT2D eigenvalue weighted by Gasteiger charge is -2.16. The monoisotopic (exact) mass is 241 g/mol. The first-order valence-electron chi connectivity index (χ1n) is 5.42. The largest absolute Gasteiger partial charge is 0.396 e. The SMILES string of the molecule is O=C1CC(CO)CN1Cc1cc(F)cc(F)c1. The van der Waals surface area contributed by atoms with Crippen molar-refractivity contribution in [1.82, 2.24) is 4.90 Å². The highest BCUT2D eigenvalue weighted by molar-refractivity contribution is 5.78. The van der Waals surface area contributed by atoms with Gasteiger partial charge in [-0.25, -0.2) is 8.78 Å². The summed E-state index contributed by atoms with van der Waals surface area (Å²) < 4.78 is 25.9. The number of carbonyl (C=O) groups excluding carboxylic acids is 1. The summed E-state index contributed by atoms with van der Waals surface area (Å²) in [4.78, 5) is 13.1. The van der Waals surface area contributed by atoms with Gasteiger partial charge in [-0.3, -0.25) is 4.79 Å². The van der Waals surface area contributed by atoms with Crippen LogP contribution in [0.2, 0.25) is 0 Å². The van der Waals surface area contributed by atoms with Gasteiger partial charge in [0.25, 0.3) is 0 Å². The number of hydrogen-bond acceptors (Lipinski definition) is 2. The van der Waals surface area contributed by atoms with Crippen LogP contribution in [0.15, 0.2) is 18.2 Å². The van der Waals surface area contributed by atoms with Crippen molar-refractivity contribution in [2.24, 2.45) is 5.92 Å². The third-order valence-electron chi connectivity index (χ3n) is 2.85. The van der Waals surface area contributed by atoms with E-state index in [2.05, 4.69) is 0 Å². The first-order chi connectivity index (χ1) is 8.08. The van der Waals surface area contributed by atoms with Crippen molar-refractivity contribution < 1.29 is 18.7 Å². The fourth-order valence-electron chi connectivity index (χ4n) is 2.05. The summed E-state index contributed by atoms with van der Waals surface area (Å²) in [7, 11) is 0. The van der Waals surface area contributed by atoms with Crippen molar-refractivity contribution >= 4 is 5.91 Å². The minimum absolute atomic E-state index is 0.0419. The quantitative estimate of drug-likeness (QED) is 0.866. The third-order valence-corrected chi connectivity index (χ3v) is 2.85. The summed E-state index contributed by atoms with van der Waals surface area (Å²) in [5.41, 5.74) is 0.425. The molecule has 0 spiro atoms. The van der Waals surface area contributed by atoms with Crippen molar-refractivity contribution in [3.8, 4) is 0 Å². The van der Waals surface area contributed by atoms with Gasteiger partial charge in [0.15, 0.2) is 0 Å². The molecule has 3 nitrogen and oxygen atoms in total. The van der Waals surface area contributed by atoms with E-state index < -0.39 is 11.6 Å². The molecule has 1 unspecified atom stereocenters. The van der Waals surface area contributed by atoms with E-state index in [4.69, 9.17) is 5.11 Å². The van der Waals surface area contributed by atoms with Gasteiger partial charge in [-0.15, -0.1) is 0 Å². The number of nitrogens with zero attached hydrogens (tertiary/aromatic N) is 1. The Bertz CT molecular complexity index is 416. The molecule has 1 amide bonds. The second-order valence-electron chi connectivity index (χ2n) is 4.30. The maximum absolute atomic E-state index is 13.0. The fraction of sp³-hybridized carbons (Fsp3) is 0.417. The summed E-state index contributed by atoms with van der Waals surface area (Å²) in [6.45, 7) is 0.581. The second-order valence-corrected chi connectivity index (χ2v) is 4.30. The second kappa shape index (κ2) is 4.79. The van der Waals surface area contributed by atoms with Crippen molar-refractivity contribution in [1.29, 1.82) is 0 Å². The van der Waals surface area contributed by atoms with E-state index >= 15 is 0 Å². The van der Waals surface area contributed by atoms with Gasteiger partial charge in [-0.05, 0) is 17.7 Å². The van der Waals surface area contributed by atoms with Crippen LogP contribution >= 0.6 is 0 Å². The molecule has 0 saturated carbocycles. The molecule has 92 valence electrons. The molecule has 2 rings (SSSR count). The van der Waals surface area contributed by atoms with Crippen molar-refractivity contribution in [2.45, 2.75) is 13.0 Å². The number of likely N-dealkylation sites (tertiary alicyclic amines) is 1. The molecule has 1 atom stereocenters. The molecule has 1 aromatic rings. The third kappa shape index (κ3) is 2.79.